The first-order chi connectivity index (χ1) is 23.3. The Morgan fingerprint density at radius 2 is 0.894 bits per heavy atom. The maximum Gasteiger partial charge on any atom is 0.137 e. The largest absolute Gasteiger partial charge is 0.456 e. The predicted molar refractivity (Wildman–Crippen MR) is 196 cm³/mol. The van der Waals surface area contributed by atoms with Crippen molar-refractivity contribution in [3.05, 3.63) is 164 Å². The summed E-state index contributed by atoms with van der Waals surface area (Å²) < 4.78 is 12.6. The van der Waals surface area contributed by atoms with Crippen LogP contribution >= 0.6 is 0 Å². The van der Waals surface area contributed by atoms with E-state index < -0.39 is 0 Å². The summed E-state index contributed by atoms with van der Waals surface area (Å²) in [5.41, 5.74) is 9.14. The van der Waals surface area contributed by atoms with Crippen LogP contribution in [-0.4, -0.2) is 0 Å². The molecule has 0 fully saturated rings. The zero-order valence-electron chi connectivity index (χ0n) is 25.4. The predicted octanol–water partition coefficient (Wildman–Crippen LogP) is 12.9. The molecule has 3 nitrogen and oxygen atoms in total. The van der Waals surface area contributed by atoms with Gasteiger partial charge in [0.15, 0.2) is 0 Å². The topological polar surface area (TPSA) is 29.5 Å². The second-order valence-electron chi connectivity index (χ2n) is 12.1. The molecule has 0 N–H and O–H groups in total. The van der Waals surface area contributed by atoms with E-state index in [1.807, 2.05) is 12.1 Å². The summed E-state index contributed by atoms with van der Waals surface area (Å²) in [7, 11) is 0. The van der Waals surface area contributed by atoms with Crippen molar-refractivity contribution in [2.24, 2.45) is 0 Å². The Hall–Kier alpha value is -6.32. The summed E-state index contributed by atoms with van der Waals surface area (Å²) in [5, 5.41) is 9.43. The zero-order chi connectivity index (χ0) is 30.9. The summed E-state index contributed by atoms with van der Waals surface area (Å²) >= 11 is 0. The van der Waals surface area contributed by atoms with Crippen LogP contribution in [0.4, 0.5) is 17.1 Å². The number of nitrogens with zero attached hydrogens (tertiary/aromatic N) is 1. The van der Waals surface area contributed by atoms with E-state index in [4.69, 9.17) is 8.83 Å². The van der Waals surface area contributed by atoms with E-state index in [1.165, 1.54) is 32.5 Å². The number of hydrogen-bond acceptors (Lipinski definition) is 3. The van der Waals surface area contributed by atoms with Gasteiger partial charge in [0.1, 0.15) is 22.3 Å². The first-order valence-electron chi connectivity index (χ1n) is 15.9. The summed E-state index contributed by atoms with van der Waals surface area (Å²) in [6, 6.07) is 57.8. The highest BCUT2D eigenvalue weighted by molar-refractivity contribution is 6.20. The number of para-hydroxylation sites is 2. The average molecular weight is 602 g/mol. The molecule has 0 radical (unpaired) electrons. The lowest BCUT2D eigenvalue weighted by molar-refractivity contribution is 0.669. The molecule has 0 aliphatic rings. The summed E-state index contributed by atoms with van der Waals surface area (Å²) in [5.74, 6) is 0. The highest BCUT2D eigenvalue weighted by atomic mass is 16.3. The SMILES string of the molecule is c1ccc(N(c2ccc(-c3ccc4ccc5oc6ccccc6c5c4c3)cc2)c2ccc3c(c2)oc2ccc4ccccc4c23)cc1. The third kappa shape index (κ3) is 4.07. The summed E-state index contributed by atoms with van der Waals surface area (Å²) in [4.78, 5) is 2.29. The van der Waals surface area contributed by atoms with Gasteiger partial charge < -0.3 is 13.7 Å². The molecule has 10 rings (SSSR count). The molecule has 10 aromatic rings. The van der Waals surface area contributed by atoms with Gasteiger partial charge in [0.05, 0.1) is 0 Å². The van der Waals surface area contributed by atoms with Crippen LogP contribution in [0, 0.1) is 0 Å². The third-order valence-corrected chi connectivity index (χ3v) is 9.44. The molecule has 0 unspecified atom stereocenters. The molecule has 0 aliphatic heterocycles. The zero-order valence-corrected chi connectivity index (χ0v) is 25.4. The quantitative estimate of drug-likeness (QED) is 0.201. The first kappa shape index (κ1) is 26.0. The fourth-order valence-corrected chi connectivity index (χ4v) is 7.22. The van der Waals surface area contributed by atoms with E-state index in [9.17, 15) is 0 Å². The molecular weight excluding hydrogens is 574 g/mol. The van der Waals surface area contributed by atoms with E-state index in [1.54, 1.807) is 0 Å². The van der Waals surface area contributed by atoms with Gasteiger partial charge in [-0.15, -0.1) is 0 Å². The first-order valence-corrected chi connectivity index (χ1v) is 15.9. The molecule has 0 saturated carbocycles. The van der Waals surface area contributed by atoms with Crippen LogP contribution in [0.2, 0.25) is 0 Å². The second-order valence-corrected chi connectivity index (χ2v) is 12.1. The molecule has 0 bridgehead atoms. The molecule has 0 atom stereocenters. The Morgan fingerprint density at radius 3 is 1.72 bits per heavy atom. The molecule has 0 amide bonds. The van der Waals surface area contributed by atoms with Crippen molar-refractivity contribution in [3.63, 3.8) is 0 Å². The normalized spacial score (nSPS) is 11.8. The van der Waals surface area contributed by atoms with Crippen molar-refractivity contribution in [1.82, 2.24) is 0 Å². The fraction of sp³-hybridized carbons (Fsp3) is 0. The standard InChI is InChI=1S/C44H27NO2/c1-2-9-32(10-3-1)45(34-22-23-37-42(27-34)47-40-24-18-29-8-4-5-11-35(29)43(37)40)33-20-16-28(17-21-33)31-15-14-30-19-25-41-44(38(30)26-31)36-12-6-7-13-39(36)46-41/h1-27H. The smallest absolute Gasteiger partial charge is 0.137 e. The van der Waals surface area contributed by atoms with Gasteiger partial charge in [-0.3, -0.25) is 0 Å². The monoisotopic (exact) mass is 601 g/mol. The minimum atomic E-state index is 0.876. The number of hydrogen-bond donors (Lipinski definition) is 0. The number of rotatable bonds is 4. The van der Waals surface area contributed by atoms with Gasteiger partial charge in [-0.1, -0.05) is 97.1 Å². The molecule has 0 saturated heterocycles. The molecule has 2 aromatic heterocycles. The number of fused-ring (bicyclic) bond motifs is 10. The number of anilines is 3. The Bertz CT molecular complexity index is 2790. The lowest BCUT2D eigenvalue weighted by Crippen LogP contribution is -2.09. The van der Waals surface area contributed by atoms with Crippen molar-refractivity contribution in [2.75, 3.05) is 4.90 Å². The van der Waals surface area contributed by atoms with Crippen molar-refractivity contribution in [1.29, 1.82) is 0 Å². The summed E-state index contributed by atoms with van der Waals surface area (Å²) in [6.07, 6.45) is 0. The number of furan rings is 2. The molecule has 0 aliphatic carbocycles. The average Bonchev–Trinajstić information content (AvgIpc) is 3.71. The minimum absolute atomic E-state index is 0.876. The maximum atomic E-state index is 6.45. The molecule has 220 valence electrons. The fourth-order valence-electron chi connectivity index (χ4n) is 7.22. The van der Waals surface area contributed by atoms with E-state index in [0.717, 1.165) is 61.1 Å². The lowest BCUT2D eigenvalue weighted by Gasteiger charge is -2.25. The second kappa shape index (κ2) is 10.1. The third-order valence-electron chi connectivity index (χ3n) is 9.44. The van der Waals surface area contributed by atoms with Crippen molar-refractivity contribution in [2.45, 2.75) is 0 Å². The van der Waals surface area contributed by atoms with Crippen molar-refractivity contribution < 1.29 is 8.83 Å². The molecular formula is C44H27NO2. The Balaban J connectivity index is 1.09. The maximum absolute atomic E-state index is 6.45. The van der Waals surface area contributed by atoms with Crippen LogP contribution in [0.3, 0.4) is 0 Å². The highest BCUT2D eigenvalue weighted by Crippen LogP contribution is 2.41. The van der Waals surface area contributed by atoms with E-state index in [0.29, 0.717) is 0 Å². The van der Waals surface area contributed by atoms with Gasteiger partial charge in [0.25, 0.3) is 0 Å². The van der Waals surface area contributed by atoms with Crippen LogP contribution in [0.5, 0.6) is 0 Å². The van der Waals surface area contributed by atoms with Gasteiger partial charge in [-0.2, -0.15) is 0 Å². The van der Waals surface area contributed by atoms with Gasteiger partial charge >= 0.3 is 0 Å². The van der Waals surface area contributed by atoms with Gasteiger partial charge in [0, 0.05) is 44.7 Å². The van der Waals surface area contributed by atoms with Crippen LogP contribution in [-0.2, 0) is 0 Å². The van der Waals surface area contributed by atoms with E-state index >= 15 is 0 Å². The van der Waals surface area contributed by atoms with Crippen molar-refractivity contribution >= 4 is 82.5 Å². The molecule has 8 aromatic carbocycles. The van der Waals surface area contributed by atoms with E-state index in [2.05, 4.69) is 157 Å². The molecule has 3 heteroatoms. The van der Waals surface area contributed by atoms with Gasteiger partial charge in [-0.25, -0.2) is 0 Å². The minimum Gasteiger partial charge on any atom is -0.456 e. The Kier molecular flexibility index (Phi) is 5.57. The molecule has 47 heavy (non-hydrogen) atoms. The van der Waals surface area contributed by atoms with Gasteiger partial charge in [0.2, 0.25) is 0 Å². The molecule has 2 heterocycles. The summed E-state index contributed by atoms with van der Waals surface area (Å²) in [6.45, 7) is 0. The van der Waals surface area contributed by atoms with Crippen LogP contribution in [0.25, 0.3) is 76.5 Å². The highest BCUT2D eigenvalue weighted by Gasteiger charge is 2.17. The van der Waals surface area contributed by atoms with Crippen LogP contribution < -0.4 is 4.90 Å². The lowest BCUT2D eigenvalue weighted by atomic mass is 9.98. The van der Waals surface area contributed by atoms with Gasteiger partial charge in [-0.05, 0) is 93.3 Å². The Labute approximate surface area is 270 Å². The van der Waals surface area contributed by atoms with Crippen molar-refractivity contribution in [3.8, 4) is 11.1 Å². The Morgan fingerprint density at radius 1 is 0.319 bits per heavy atom. The van der Waals surface area contributed by atoms with E-state index in [-0.39, 0.29) is 0 Å². The number of benzene rings is 8. The van der Waals surface area contributed by atoms with Crippen LogP contribution in [0.1, 0.15) is 0 Å². The van der Waals surface area contributed by atoms with Crippen LogP contribution in [0.15, 0.2) is 173 Å². The molecule has 0 spiro atoms.